The molecule has 7 aromatic carbocycles. The Morgan fingerprint density at radius 3 is 1.95 bits per heavy atom. The van der Waals surface area contributed by atoms with E-state index in [9.17, 15) is 0 Å². The number of hydrogen-bond acceptors (Lipinski definition) is 5. The lowest BCUT2D eigenvalue weighted by Gasteiger charge is -2.12. The van der Waals surface area contributed by atoms with Gasteiger partial charge in [-0.05, 0) is 70.8 Å². The lowest BCUT2D eigenvalue weighted by atomic mass is 9.93. The summed E-state index contributed by atoms with van der Waals surface area (Å²) >= 11 is 1.84. The number of para-hydroxylation sites is 1. The van der Waals surface area contributed by atoms with Crippen molar-refractivity contribution in [2.75, 3.05) is 0 Å². The second kappa shape index (κ2) is 13.3. The van der Waals surface area contributed by atoms with Gasteiger partial charge < -0.3 is 4.42 Å². The van der Waals surface area contributed by atoms with E-state index in [4.69, 9.17) is 14.4 Å². The molecule has 11 aromatic rings. The quantitative estimate of drug-likeness (QED) is 0.171. The Bertz CT molecular complexity index is 3240. The molecule has 4 heterocycles. The van der Waals surface area contributed by atoms with Crippen LogP contribution in [0.2, 0.25) is 0 Å². The van der Waals surface area contributed by atoms with Gasteiger partial charge in [0.05, 0.1) is 11.4 Å². The molecule has 0 spiro atoms. The zero-order valence-electron chi connectivity index (χ0n) is 30.1. The molecule has 0 unspecified atom stereocenters. The third-order valence-electron chi connectivity index (χ3n) is 10.6. The summed E-state index contributed by atoms with van der Waals surface area (Å²) in [6, 6.07) is 61.7. The topological polar surface area (TPSA) is 51.8 Å². The molecule has 0 radical (unpaired) electrons. The number of hydrogen-bond donors (Lipinski definition) is 0. The molecule has 56 heavy (non-hydrogen) atoms. The van der Waals surface area contributed by atoms with Gasteiger partial charge >= 0.3 is 0 Å². The Balaban J connectivity index is 1.02. The summed E-state index contributed by atoms with van der Waals surface area (Å²) in [5.74, 6) is 0.685. The van der Waals surface area contributed by atoms with Crippen LogP contribution in [0.1, 0.15) is 0 Å². The SMILES string of the molecule is c1ccc(-c2nc(-c3ccc(-c4ccc(-c5ccc6sc7ccccc7c6c5)c5oc6ccccc6c45)cc3)cc(-c3cccc(-c4cccnc4)c3)n2)cc1. The Labute approximate surface area is 327 Å². The maximum atomic E-state index is 6.70. The van der Waals surface area contributed by atoms with Gasteiger partial charge in [0.2, 0.25) is 0 Å². The van der Waals surface area contributed by atoms with Gasteiger partial charge in [-0.2, -0.15) is 0 Å². The summed E-state index contributed by atoms with van der Waals surface area (Å²) in [4.78, 5) is 14.5. The number of aromatic nitrogens is 3. The molecular weight excluding hydrogens is 703 g/mol. The molecule has 0 amide bonds. The van der Waals surface area contributed by atoms with E-state index in [1.165, 1.54) is 20.2 Å². The fourth-order valence-corrected chi connectivity index (χ4v) is 8.95. The molecule has 4 aromatic heterocycles. The van der Waals surface area contributed by atoms with Crippen LogP contribution >= 0.6 is 11.3 Å². The molecule has 0 saturated heterocycles. The molecule has 0 saturated carbocycles. The monoisotopic (exact) mass is 733 g/mol. The van der Waals surface area contributed by atoms with Crippen molar-refractivity contribution in [3.05, 3.63) is 188 Å². The summed E-state index contributed by atoms with van der Waals surface area (Å²) in [5.41, 5.74) is 13.1. The predicted molar refractivity (Wildman–Crippen MR) is 233 cm³/mol. The minimum absolute atomic E-state index is 0.685. The highest BCUT2D eigenvalue weighted by Gasteiger charge is 2.19. The van der Waals surface area contributed by atoms with Crippen molar-refractivity contribution in [3.8, 4) is 67.3 Å². The molecular formula is C51H31N3OS. The summed E-state index contributed by atoms with van der Waals surface area (Å²) in [6.07, 6.45) is 3.69. The van der Waals surface area contributed by atoms with Crippen molar-refractivity contribution in [2.24, 2.45) is 0 Å². The first-order valence-electron chi connectivity index (χ1n) is 18.7. The van der Waals surface area contributed by atoms with Gasteiger partial charge in [0.15, 0.2) is 5.82 Å². The number of benzene rings is 7. The van der Waals surface area contributed by atoms with Crippen LogP contribution in [-0.4, -0.2) is 15.0 Å². The maximum absolute atomic E-state index is 6.70. The third-order valence-corrected chi connectivity index (χ3v) is 11.8. The first kappa shape index (κ1) is 32.2. The molecule has 0 bridgehead atoms. The van der Waals surface area contributed by atoms with E-state index in [1.54, 1.807) is 6.20 Å². The van der Waals surface area contributed by atoms with Crippen LogP contribution in [0.15, 0.2) is 193 Å². The van der Waals surface area contributed by atoms with Crippen LogP contribution in [0.25, 0.3) is 109 Å². The standard InChI is InChI=1S/C51H31N3OS/c1-2-10-34(11-3-1)51-53-44(30-45(54-51)37-13-8-12-35(28-37)38-14-9-27-52-31-38)33-21-19-32(20-22-33)39-24-25-40(50-49(39)42-16-4-6-17-46(42)55-50)36-23-26-48-43(29-36)41-15-5-7-18-47(41)56-48/h1-31H. The Morgan fingerprint density at radius 1 is 0.411 bits per heavy atom. The zero-order chi connectivity index (χ0) is 37.0. The van der Waals surface area contributed by atoms with Crippen LogP contribution in [0.5, 0.6) is 0 Å². The second-order valence-electron chi connectivity index (χ2n) is 14.0. The Morgan fingerprint density at radius 2 is 1.09 bits per heavy atom. The van der Waals surface area contributed by atoms with Gasteiger partial charge in [-0.15, -0.1) is 11.3 Å². The smallest absolute Gasteiger partial charge is 0.160 e. The molecule has 11 rings (SSSR count). The fraction of sp³-hybridized carbons (Fsp3) is 0. The van der Waals surface area contributed by atoms with Crippen LogP contribution in [-0.2, 0) is 0 Å². The largest absolute Gasteiger partial charge is 0.455 e. The third kappa shape index (κ3) is 5.56. The number of thiophene rings is 1. The van der Waals surface area contributed by atoms with Gasteiger partial charge in [0, 0.05) is 71.2 Å². The normalized spacial score (nSPS) is 11.6. The van der Waals surface area contributed by atoms with Gasteiger partial charge in [-0.25, -0.2) is 9.97 Å². The Kier molecular flexibility index (Phi) is 7.64. The van der Waals surface area contributed by atoms with Crippen molar-refractivity contribution < 1.29 is 4.42 Å². The minimum Gasteiger partial charge on any atom is -0.455 e. The van der Waals surface area contributed by atoms with E-state index < -0.39 is 0 Å². The van der Waals surface area contributed by atoms with Crippen LogP contribution in [0.4, 0.5) is 0 Å². The predicted octanol–water partition coefficient (Wildman–Crippen LogP) is 14.1. The number of fused-ring (bicyclic) bond motifs is 6. The minimum atomic E-state index is 0.685. The summed E-state index contributed by atoms with van der Waals surface area (Å²) in [7, 11) is 0. The first-order valence-corrected chi connectivity index (χ1v) is 19.5. The maximum Gasteiger partial charge on any atom is 0.160 e. The number of nitrogens with zero attached hydrogens (tertiary/aromatic N) is 3. The van der Waals surface area contributed by atoms with Crippen molar-refractivity contribution in [2.45, 2.75) is 0 Å². The van der Waals surface area contributed by atoms with Crippen LogP contribution in [0.3, 0.4) is 0 Å². The van der Waals surface area contributed by atoms with Crippen molar-refractivity contribution >= 4 is 53.4 Å². The van der Waals surface area contributed by atoms with Gasteiger partial charge in [-0.3, -0.25) is 4.98 Å². The van der Waals surface area contributed by atoms with Crippen LogP contribution in [0, 0.1) is 0 Å². The molecule has 0 aliphatic heterocycles. The highest BCUT2D eigenvalue weighted by Crippen LogP contribution is 2.44. The van der Waals surface area contributed by atoms with E-state index in [0.29, 0.717) is 5.82 Å². The van der Waals surface area contributed by atoms with E-state index >= 15 is 0 Å². The van der Waals surface area contributed by atoms with Crippen molar-refractivity contribution in [1.82, 2.24) is 15.0 Å². The molecule has 4 nitrogen and oxygen atoms in total. The average Bonchev–Trinajstić information content (AvgIpc) is 3.85. The van der Waals surface area contributed by atoms with Gasteiger partial charge in [0.25, 0.3) is 0 Å². The van der Waals surface area contributed by atoms with Crippen molar-refractivity contribution in [1.29, 1.82) is 0 Å². The second-order valence-corrected chi connectivity index (χ2v) is 15.1. The average molecular weight is 734 g/mol. The molecule has 5 heteroatoms. The summed E-state index contributed by atoms with van der Waals surface area (Å²) in [6.45, 7) is 0. The van der Waals surface area contributed by atoms with Crippen LogP contribution < -0.4 is 0 Å². The van der Waals surface area contributed by atoms with E-state index in [-0.39, 0.29) is 0 Å². The lowest BCUT2D eigenvalue weighted by molar-refractivity contribution is 0.670. The van der Waals surface area contributed by atoms with E-state index in [0.717, 1.165) is 83.4 Å². The molecule has 0 aliphatic carbocycles. The Hall–Kier alpha value is -7.21. The number of rotatable bonds is 6. The van der Waals surface area contributed by atoms with E-state index in [1.807, 2.05) is 47.9 Å². The zero-order valence-corrected chi connectivity index (χ0v) is 30.9. The van der Waals surface area contributed by atoms with E-state index in [2.05, 4.69) is 151 Å². The lowest BCUT2D eigenvalue weighted by Crippen LogP contribution is -1.96. The van der Waals surface area contributed by atoms with Gasteiger partial charge in [-0.1, -0.05) is 127 Å². The fourth-order valence-electron chi connectivity index (χ4n) is 7.86. The highest BCUT2D eigenvalue weighted by molar-refractivity contribution is 7.25. The first-order chi connectivity index (χ1) is 27.7. The summed E-state index contributed by atoms with van der Waals surface area (Å²) in [5, 5.41) is 4.78. The molecule has 0 atom stereocenters. The van der Waals surface area contributed by atoms with Crippen molar-refractivity contribution in [3.63, 3.8) is 0 Å². The highest BCUT2D eigenvalue weighted by atomic mass is 32.1. The van der Waals surface area contributed by atoms with Gasteiger partial charge in [0.1, 0.15) is 11.2 Å². The number of furan rings is 1. The molecule has 0 aliphatic rings. The molecule has 262 valence electrons. The summed E-state index contributed by atoms with van der Waals surface area (Å²) < 4.78 is 9.30. The molecule has 0 N–H and O–H groups in total. The molecule has 0 fully saturated rings. The number of pyridine rings is 1.